The van der Waals surface area contributed by atoms with Gasteiger partial charge in [0, 0.05) is 5.56 Å². The van der Waals surface area contributed by atoms with E-state index in [-0.39, 0.29) is 23.8 Å². The Morgan fingerprint density at radius 1 is 1.18 bits per heavy atom. The highest BCUT2D eigenvalue weighted by molar-refractivity contribution is 6.03. The fourth-order valence-corrected chi connectivity index (χ4v) is 2.71. The molecule has 2 heterocycles. The first-order valence-corrected chi connectivity index (χ1v) is 6.59. The van der Waals surface area contributed by atoms with Crippen molar-refractivity contribution in [3.05, 3.63) is 39.3 Å². The van der Waals surface area contributed by atoms with Gasteiger partial charge < -0.3 is 13.9 Å². The number of ketones is 1. The van der Waals surface area contributed by atoms with E-state index >= 15 is 0 Å². The number of nitro groups is 1. The number of carbonyl (C=O) groups excluding carboxylic acids is 1. The lowest BCUT2D eigenvalue weighted by molar-refractivity contribution is -0.384. The molecular formula is C15H13NO6. The van der Waals surface area contributed by atoms with Gasteiger partial charge in [-0.25, -0.2) is 0 Å². The van der Waals surface area contributed by atoms with Gasteiger partial charge in [-0.3, -0.25) is 14.9 Å². The highest BCUT2D eigenvalue weighted by atomic mass is 16.7. The average molecular weight is 303 g/mol. The molecular weight excluding hydrogens is 290 g/mol. The number of nitrogens with zero attached hydrogens (tertiary/aromatic N) is 1. The maximum atomic E-state index is 11.9. The van der Waals surface area contributed by atoms with Gasteiger partial charge in [0.25, 0.3) is 5.69 Å². The molecule has 1 aromatic carbocycles. The number of fused-ring (bicyclic) bond motifs is 1. The fourth-order valence-electron chi connectivity index (χ4n) is 2.71. The summed E-state index contributed by atoms with van der Waals surface area (Å²) in [7, 11) is 0. The van der Waals surface area contributed by atoms with Crippen molar-refractivity contribution < 1.29 is 23.6 Å². The summed E-state index contributed by atoms with van der Waals surface area (Å²) in [6.07, 6.45) is 0. The molecule has 0 aliphatic carbocycles. The Hall–Kier alpha value is -2.83. The second-order valence-corrected chi connectivity index (χ2v) is 5.00. The standard InChI is InChI=1S/C15H13NO6/c1-7(17)14-8(2)22-9(3)15(14)10-4-12-13(21-6-20-12)5-11(10)16(18)19/h4-5H,6H2,1-3H3. The van der Waals surface area contributed by atoms with Crippen LogP contribution in [-0.4, -0.2) is 17.5 Å². The third-order valence-corrected chi connectivity index (χ3v) is 3.57. The number of benzene rings is 1. The number of hydrogen-bond acceptors (Lipinski definition) is 6. The molecule has 0 bridgehead atoms. The minimum atomic E-state index is -0.511. The largest absolute Gasteiger partial charge is 0.465 e. The van der Waals surface area contributed by atoms with E-state index in [1.165, 1.54) is 19.1 Å². The van der Waals surface area contributed by atoms with Gasteiger partial charge in [-0.15, -0.1) is 0 Å². The average Bonchev–Trinajstić information content (AvgIpc) is 2.99. The number of Topliss-reactive ketones (excluding diaryl/α,β-unsaturated/α-hetero) is 1. The minimum Gasteiger partial charge on any atom is -0.465 e. The summed E-state index contributed by atoms with van der Waals surface area (Å²) in [5, 5.41) is 11.4. The number of rotatable bonds is 3. The van der Waals surface area contributed by atoms with E-state index in [9.17, 15) is 14.9 Å². The molecule has 0 spiro atoms. The van der Waals surface area contributed by atoms with Gasteiger partial charge in [0.1, 0.15) is 11.5 Å². The number of carbonyl (C=O) groups is 1. The molecule has 7 nitrogen and oxygen atoms in total. The van der Waals surface area contributed by atoms with Crippen LogP contribution in [0.5, 0.6) is 11.5 Å². The Morgan fingerprint density at radius 3 is 2.41 bits per heavy atom. The summed E-state index contributed by atoms with van der Waals surface area (Å²) in [5.41, 5.74) is 0.902. The molecule has 0 unspecified atom stereocenters. The smallest absolute Gasteiger partial charge is 0.281 e. The van der Waals surface area contributed by atoms with Crippen molar-refractivity contribution >= 4 is 11.5 Å². The van der Waals surface area contributed by atoms with Crippen LogP contribution in [0.4, 0.5) is 5.69 Å². The van der Waals surface area contributed by atoms with Crippen molar-refractivity contribution in [2.24, 2.45) is 0 Å². The van der Waals surface area contributed by atoms with Crippen molar-refractivity contribution in [3.8, 4) is 22.6 Å². The van der Waals surface area contributed by atoms with Crippen LogP contribution in [0.2, 0.25) is 0 Å². The highest BCUT2D eigenvalue weighted by Crippen LogP contribution is 2.45. The fraction of sp³-hybridized carbons (Fsp3) is 0.267. The van der Waals surface area contributed by atoms with Gasteiger partial charge in [0.15, 0.2) is 17.3 Å². The zero-order valence-electron chi connectivity index (χ0n) is 12.3. The highest BCUT2D eigenvalue weighted by Gasteiger charge is 2.29. The van der Waals surface area contributed by atoms with E-state index in [1.54, 1.807) is 13.8 Å². The molecule has 114 valence electrons. The summed E-state index contributed by atoms with van der Waals surface area (Å²) in [4.78, 5) is 22.8. The molecule has 2 aromatic rings. The van der Waals surface area contributed by atoms with E-state index in [1.807, 2.05) is 0 Å². The van der Waals surface area contributed by atoms with Crippen LogP contribution in [0.1, 0.15) is 28.8 Å². The molecule has 0 fully saturated rings. The van der Waals surface area contributed by atoms with Crippen molar-refractivity contribution in [2.75, 3.05) is 6.79 Å². The first kappa shape index (κ1) is 14.1. The van der Waals surface area contributed by atoms with Gasteiger partial charge in [0.05, 0.1) is 22.1 Å². The van der Waals surface area contributed by atoms with E-state index in [4.69, 9.17) is 13.9 Å². The van der Waals surface area contributed by atoms with Gasteiger partial charge in [0.2, 0.25) is 6.79 Å². The summed E-state index contributed by atoms with van der Waals surface area (Å²) >= 11 is 0. The number of nitro benzene ring substituents is 1. The lowest BCUT2D eigenvalue weighted by Crippen LogP contribution is -1.99. The third kappa shape index (κ3) is 2.02. The molecule has 1 aliphatic heterocycles. The number of furan rings is 1. The third-order valence-electron chi connectivity index (χ3n) is 3.57. The first-order valence-electron chi connectivity index (χ1n) is 6.59. The van der Waals surface area contributed by atoms with E-state index < -0.39 is 4.92 Å². The van der Waals surface area contributed by atoms with Gasteiger partial charge >= 0.3 is 0 Å². The molecule has 3 rings (SSSR count). The molecule has 0 saturated carbocycles. The van der Waals surface area contributed by atoms with Crippen LogP contribution in [0.25, 0.3) is 11.1 Å². The molecule has 0 N–H and O–H groups in total. The number of ether oxygens (including phenoxy) is 2. The zero-order chi connectivity index (χ0) is 16.0. The Bertz CT molecular complexity index is 805. The van der Waals surface area contributed by atoms with Crippen LogP contribution in [0.3, 0.4) is 0 Å². The Morgan fingerprint density at radius 2 is 1.82 bits per heavy atom. The van der Waals surface area contributed by atoms with E-state index in [0.29, 0.717) is 34.1 Å². The molecule has 1 aromatic heterocycles. The van der Waals surface area contributed by atoms with Crippen LogP contribution in [0, 0.1) is 24.0 Å². The quantitative estimate of drug-likeness (QED) is 0.490. The van der Waals surface area contributed by atoms with Crippen molar-refractivity contribution in [1.82, 2.24) is 0 Å². The van der Waals surface area contributed by atoms with Crippen molar-refractivity contribution in [3.63, 3.8) is 0 Å². The van der Waals surface area contributed by atoms with E-state index in [2.05, 4.69) is 0 Å². The first-order chi connectivity index (χ1) is 10.4. The van der Waals surface area contributed by atoms with Crippen LogP contribution >= 0.6 is 0 Å². The molecule has 0 saturated heterocycles. The maximum Gasteiger partial charge on any atom is 0.281 e. The van der Waals surface area contributed by atoms with Crippen LogP contribution < -0.4 is 9.47 Å². The van der Waals surface area contributed by atoms with Crippen molar-refractivity contribution in [2.45, 2.75) is 20.8 Å². The summed E-state index contributed by atoms with van der Waals surface area (Å²) < 4.78 is 16.0. The predicted molar refractivity (Wildman–Crippen MR) is 76.4 cm³/mol. The van der Waals surface area contributed by atoms with Gasteiger partial charge in [-0.2, -0.15) is 0 Å². The van der Waals surface area contributed by atoms with Crippen LogP contribution in [-0.2, 0) is 0 Å². The monoisotopic (exact) mass is 303 g/mol. The predicted octanol–water partition coefficient (Wildman–Crippen LogP) is 3.40. The topological polar surface area (TPSA) is 91.8 Å². The summed E-state index contributed by atoms with van der Waals surface area (Å²) in [6.45, 7) is 4.74. The maximum absolute atomic E-state index is 11.9. The zero-order valence-corrected chi connectivity index (χ0v) is 12.3. The molecule has 0 atom stereocenters. The second-order valence-electron chi connectivity index (χ2n) is 5.00. The number of hydrogen-bond donors (Lipinski definition) is 0. The van der Waals surface area contributed by atoms with E-state index in [0.717, 1.165) is 0 Å². The summed E-state index contributed by atoms with van der Waals surface area (Å²) in [6, 6.07) is 2.83. The Kier molecular flexibility index (Phi) is 3.13. The SMILES string of the molecule is CC(=O)c1c(C)oc(C)c1-c1cc2c(cc1[N+](=O)[O-])OCO2. The molecule has 0 radical (unpaired) electrons. The Balaban J connectivity index is 2.33. The number of aryl methyl sites for hydroxylation is 2. The van der Waals surface area contributed by atoms with Gasteiger partial charge in [-0.1, -0.05) is 0 Å². The minimum absolute atomic E-state index is 0.0128. The van der Waals surface area contributed by atoms with Gasteiger partial charge in [-0.05, 0) is 26.8 Å². The molecule has 0 amide bonds. The molecule has 1 aliphatic rings. The second kappa shape index (κ2) is 4.87. The molecule has 7 heteroatoms. The summed E-state index contributed by atoms with van der Waals surface area (Å²) in [5.74, 6) is 1.40. The lowest BCUT2D eigenvalue weighted by atomic mass is 9.96. The lowest BCUT2D eigenvalue weighted by Gasteiger charge is -2.06. The van der Waals surface area contributed by atoms with Crippen molar-refractivity contribution in [1.29, 1.82) is 0 Å². The normalized spacial score (nSPS) is 12.5. The Labute approximate surface area is 125 Å². The van der Waals surface area contributed by atoms with Crippen LogP contribution in [0.15, 0.2) is 16.5 Å². The molecule has 22 heavy (non-hydrogen) atoms.